The highest BCUT2D eigenvalue weighted by molar-refractivity contribution is 6.29. The third-order valence-electron chi connectivity index (χ3n) is 17.3. The summed E-state index contributed by atoms with van der Waals surface area (Å²) in [5.74, 6) is 0. The van der Waals surface area contributed by atoms with Crippen LogP contribution in [0.2, 0.25) is 0 Å². The van der Waals surface area contributed by atoms with Gasteiger partial charge in [-0.25, -0.2) is 0 Å². The molecule has 17 rings (SSSR count). The molecule has 0 saturated carbocycles. The molecule has 85 heavy (non-hydrogen) atoms. The fraction of sp³-hybridized carbons (Fsp3) is 0. The number of hydrogen-bond acceptors (Lipinski definition) is 5. The maximum Gasteiger partial charge on any atom is 0.161 e. The monoisotopic (exact) mass is 1080 g/mol. The lowest BCUT2D eigenvalue weighted by atomic mass is 9.84. The van der Waals surface area contributed by atoms with Gasteiger partial charge in [0.05, 0.1) is 16.9 Å². The molecule has 0 fully saturated rings. The lowest BCUT2D eigenvalue weighted by molar-refractivity contribution is 0.669. The predicted octanol–water partition coefficient (Wildman–Crippen LogP) is 21.4. The molecule has 0 saturated heterocycles. The molecule has 0 aliphatic heterocycles. The highest BCUT2D eigenvalue weighted by atomic mass is 16.3. The average molecular weight is 1080 g/mol. The van der Waals surface area contributed by atoms with E-state index >= 15 is 0 Å². The van der Waals surface area contributed by atoms with E-state index in [1.54, 1.807) is 0 Å². The molecule has 394 valence electrons. The zero-order valence-corrected chi connectivity index (χ0v) is 45.9. The Morgan fingerprint density at radius 1 is 0.212 bits per heavy atom. The largest absolute Gasteiger partial charge is 0.454 e. The summed E-state index contributed by atoms with van der Waals surface area (Å²) < 4.78 is 6.77. The van der Waals surface area contributed by atoms with E-state index in [0.717, 1.165) is 128 Å². The van der Waals surface area contributed by atoms with E-state index in [0.29, 0.717) is 0 Å². The Hall–Kier alpha value is -11.4. The Balaban J connectivity index is 0.930. The summed E-state index contributed by atoms with van der Waals surface area (Å²) in [6.45, 7) is 0. The fourth-order valence-electron chi connectivity index (χ4n) is 13.4. The first kappa shape index (κ1) is 48.3. The number of benzene rings is 12. The average Bonchev–Trinajstić information content (AvgIpc) is 2.54. The smallest absolute Gasteiger partial charge is 0.161 e. The normalized spacial score (nSPS) is 11.8. The second-order valence-electron chi connectivity index (χ2n) is 22.0. The van der Waals surface area contributed by atoms with Crippen LogP contribution in [0, 0.1) is 0 Å². The number of aromatic nitrogens is 4. The van der Waals surface area contributed by atoms with Crippen molar-refractivity contribution in [3.8, 4) is 89.3 Å². The Kier molecular flexibility index (Phi) is 11.2. The third-order valence-corrected chi connectivity index (χ3v) is 17.3. The first-order chi connectivity index (χ1) is 42.2. The van der Waals surface area contributed by atoms with Crippen molar-refractivity contribution in [1.82, 2.24) is 19.9 Å². The minimum Gasteiger partial charge on any atom is -0.454 e. The number of hydrogen-bond donors (Lipinski definition) is 0. The quantitative estimate of drug-likeness (QED) is 0.142. The standard InChI is InChI=1S/C80H48N4O/c1-2-18-56(55(17-1)49-32-37-68-72(46-49)63-24-8-6-22-61(63)67-28-16-41-83-78(67)68)52-43-53(45-54(44-52)58-26-15-27-65-60-21-5-7-23-62(60)71-47-51(34-36-66(71)77(58)65)75-30-12-14-40-82-75)57-19-3-4-20-59(57)64-35-33-50(74-29-11-13-39-81-74)48-73(64)69-38-42-84-79-70-25-9-10-31-76(70)85-80(69)79/h1-48H. The lowest BCUT2D eigenvalue weighted by Crippen LogP contribution is -1.94. The van der Waals surface area contributed by atoms with Gasteiger partial charge >= 0.3 is 0 Å². The third kappa shape index (κ3) is 7.93. The molecule has 5 heteroatoms. The van der Waals surface area contributed by atoms with E-state index in [9.17, 15) is 0 Å². The van der Waals surface area contributed by atoms with E-state index in [2.05, 4.69) is 224 Å². The maximum atomic E-state index is 6.77. The van der Waals surface area contributed by atoms with E-state index < -0.39 is 0 Å². The molecule has 17 aromatic rings. The molecule has 0 unspecified atom stereocenters. The Morgan fingerprint density at radius 3 is 1.39 bits per heavy atom. The summed E-state index contributed by atoms with van der Waals surface area (Å²) in [6.07, 6.45) is 7.53. The molecule has 0 aliphatic rings. The van der Waals surface area contributed by atoms with Gasteiger partial charge in [-0.2, -0.15) is 0 Å². The highest BCUT2D eigenvalue weighted by Gasteiger charge is 2.23. The number of furan rings is 1. The maximum absolute atomic E-state index is 6.77. The SMILES string of the molecule is c1ccc(-c2ccc(-c3ccccc3-c3cc(-c4ccccc4-c4ccc5c(c4)c4ccccc4c4cccnc45)cc(-c4cccc5c6ccccc6c6cc(-c7ccccn7)ccc6c45)c3)c(-c3ccnc4c3oc3ccccc34)c2)nc1. The number of para-hydroxylation sites is 1. The minimum absolute atomic E-state index is 0.746. The van der Waals surface area contributed by atoms with Crippen molar-refractivity contribution in [2.24, 2.45) is 0 Å². The molecule has 5 aromatic heterocycles. The molecule has 0 amide bonds. The molecule has 0 aliphatic carbocycles. The van der Waals surface area contributed by atoms with Crippen LogP contribution in [0.3, 0.4) is 0 Å². The molecule has 0 spiro atoms. The molecule has 0 bridgehead atoms. The van der Waals surface area contributed by atoms with Gasteiger partial charge in [0.25, 0.3) is 0 Å². The van der Waals surface area contributed by atoms with Crippen molar-refractivity contribution in [3.05, 3.63) is 292 Å². The van der Waals surface area contributed by atoms with E-state index in [4.69, 9.17) is 24.4 Å². The summed E-state index contributed by atoms with van der Waals surface area (Å²) in [5.41, 5.74) is 20.4. The predicted molar refractivity (Wildman–Crippen MR) is 353 cm³/mol. The first-order valence-corrected chi connectivity index (χ1v) is 28.8. The van der Waals surface area contributed by atoms with Crippen LogP contribution in [0.4, 0.5) is 0 Å². The molecule has 5 heterocycles. The summed E-state index contributed by atoms with van der Waals surface area (Å²) >= 11 is 0. The van der Waals surface area contributed by atoms with Crippen molar-refractivity contribution in [2.75, 3.05) is 0 Å². The molecular formula is C80H48N4O. The summed E-state index contributed by atoms with van der Waals surface area (Å²) in [6, 6.07) is 96.6. The Labute approximate surface area is 489 Å². The second kappa shape index (κ2) is 19.7. The van der Waals surface area contributed by atoms with Crippen LogP contribution in [0.1, 0.15) is 0 Å². The summed E-state index contributed by atoms with van der Waals surface area (Å²) in [4.78, 5) is 19.5. The van der Waals surface area contributed by atoms with Gasteiger partial charge in [-0.15, -0.1) is 0 Å². The van der Waals surface area contributed by atoms with Crippen molar-refractivity contribution in [2.45, 2.75) is 0 Å². The lowest BCUT2D eigenvalue weighted by Gasteiger charge is -2.20. The Bertz CT molecular complexity index is 5520. The molecule has 12 aromatic carbocycles. The molecule has 0 radical (unpaired) electrons. The van der Waals surface area contributed by atoms with Crippen LogP contribution in [0.15, 0.2) is 296 Å². The van der Waals surface area contributed by atoms with Crippen LogP contribution in [-0.4, -0.2) is 19.9 Å². The minimum atomic E-state index is 0.746. The van der Waals surface area contributed by atoms with Gasteiger partial charge in [0, 0.05) is 57.6 Å². The van der Waals surface area contributed by atoms with E-state index in [-0.39, 0.29) is 0 Å². The van der Waals surface area contributed by atoms with Crippen LogP contribution in [0.25, 0.3) is 176 Å². The van der Waals surface area contributed by atoms with Gasteiger partial charge in [0.15, 0.2) is 5.58 Å². The second-order valence-corrected chi connectivity index (χ2v) is 22.0. The number of pyridine rings is 4. The van der Waals surface area contributed by atoms with Gasteiger partial charge in [0.1, 0.15) is 11.1 Å². The van der Waals surface area contributed by atoms with Crippen LogP contribution in [0.5, 0.6) is 0 Å². The number of fused-ring (bicyclic) bond motifs is 15. The van der Waals surface area contributed by atoms with Gasteiger partial charge in [-0.3, -0.25) is 19.9 Å². The zero-order chi connectivity index (χ0) is 56.0. The topological polar surface area (TPSA) is 64.7 Å². The van der Waals surface area contributed by atoms with E-state index in [1.165, 1.54) is 48.5 Å². The van der Waals surface area contributed by atoms with Crippen LogP contribution >= 0.6 is 0 Å². The van der Waals surface area contributed by atoms with Crippen molar-refractivity contribution >= 4 is 86.8 Å². The first-order valence-electron chi connectivity index (χ1n) is 28.8. The summed E-state index contributed by atoms with van der Waals surface area (Å²) in [5, 5.41) is 14.1. The Morgan fingerprint density at radius 2 is 0.671 bits per heavy atom. The molecular weight excluding hydrogens is 1030 g/mol. The van der Waals surface area contributed by atoms with Gasteiger partial charge in [-0.1, -0.05) is 182 Å². The fourth-order valence-corrected chi connectivity index (χ4v) is 13.4. The molecule has 5 nitrogen and oxygen atoms in total. The highest BCUT2D eigenvalue weighted by Crippen LogP contribution is 2.48. The molecule has 0 atom stereocenters. The summed E-state index contributed by atoms with van der Waals surface area (Å²) in [7, 11) is 0. The zero-order valence-electron chi connectivity index (χ0n) is 45.9. The number of rotatable bonds is 8. The van der Waals surface area contributed by atoms with Gasteiger partial charge in [-0.05, 0) is 195 Å². The van der Waals surface area contributed by atoms with Crippen molar-refractivity contribution in [3.63, 3.8) is 0 Å². The molecule has 0 N–H and O–H groups in total. The van der Waals surface area contributed by atoms with E-state index in [1.807, 2.05) is 67.3 Å². The van der Waals surface area contributed by atoms with Crippen LogP contribution < -0.4 is 0 Å². The van der Waals surface area contributed by atoms with Crippen molar-refractivity contribution in [1.29, 1.82) is 0 Å². The van der Waals surface area contributed by atoms with Crippen molar-refractivity contribution < 1.29 is 4.42 Å². The number of nitrogens with zero attached hydrogens (tertiary/aromatic N) is 4. The van der Waals surface area contributed by atoms with Crippen LogP contribution in [-0.2, 0) is 0 Å². The van der Waals surface area contributed by atoms with Gasteiger partial charge < -0.3 is 4.42 Å². The van der Waals surface area contributed by atoms with Gasteiger partial charge in [0.2, 0.25) is 0 Å².